The maximum atomic E-state index is 12.6. The number of nitrogens with two attached hydrogens (primary N) is 1. The standard InChI is InChI=1S/C15H18N4O3S/c1-2-22-15(21)19-7-5-18(6-8-19)13(20)10-3-4-11-12(9-10)23-14(16)17-11/h3-4,9H,2,5-8H2,1H3,(H2,16,17). The van der Waals surface area contributed by atoms with Gasteiger partial charge in [-0.25, -0.2) is 9.78 Å². The van der Waals surface area contributed by atoms with E-state index in [2.05, 4.69) is 4.98 Å². The van der Waals surface area contributed by atoms with Gasteiger partial charge in [0.15, 0.2) is 5.13 Å². The van der Waals surface area contributed by atoms with Gasteiger partial charge in [0.25, 0.3) is 5.91 Å². The lowest BCUT2D eigenvalue weighted by molar-refractivity contribution is 0.0570. The van der Waals surface area contributed by atoms with E-state index in [0.29, 0.717) is 43.5 Å². The van der Waals surface area contributed by atoms with Gasteiger partial charge in [-0.05, 0) is 25.1 Å². The number of hydrogen-bond acceptors (Lipinski definition) is 6. The van der Waals surface area contributed by atoms with Crippen molar-refractivity contribution in [3.63, 3.8) is 0 Å². The lowest BCUT2D eigenvalue weighted by atomic mass is 10.1. The van der Waals surface area contributed by atoms with Crippen LogP contribution in [0.2, 0.25) is 0 Å². The number of hydrogen-bond donors (Lipinski definition) is 1. The first-order chi connectivity index (χ1) is 11.1. The first kappa shape index (κ1) is 15.5. The van der Waals surface area contributed by atoms with Crippen molar-refractivity contribution in [3.8, 4) is 0 Å². The van der Waals surface area contributed by atoms with Crippen molar-refractivity contribution >= 4 is 38.7 Å². The summed E-state index contributed by atoms with van der Waals surface area (Å²) in [5.74, 6) is -0.0395. The summed E-state index contributed by atoms with van der Waals surface area (Å²) in [5, 5.41) is 0.493. The average molecular weight is 334 g/mol. The number of aromatic nitrogens is 1. The molecule has 2 amide bonds. The molecule has 0 unspecified atom stereocenters. The molecule has 122 valence electrons. The van der Waals surface area contributed by atoms with Crippen LogP contribution >= 0.6 is 11.3 Å². The molecule has 0 saturated carbocycles. The monoisotopic (exact) mass is 334 g/mol. The van der Waals surface area contributed by atoms with Crippen LogP contribution in [-0.2, 0) is 4.74 Å². The minimum Gasteiger partial charge on any atom is -0.450 e. The largest absolute Gasteiger partial charge is 0.450 e. The summed E-state index contributed by atoms with van der Waals surface area (Å²) in [4.78, 5) is 31.8. The number of amides is 2. The van der Waals surface area contributed by atoms with E-state index in [-0.39, 0.29) is 12.0 Å². The molecule has 1 aliphatic rings. The van der Waals surface area contributed by atoms with E-state index < -0.39 is 0 Å². The van der Waals surface area contributed by atoms with Gasteiger partial charge in [0.05, 0.1) is 16.8 Å². The molecule has 0 spiro atoms. The number of thiazole rings is 1. The number of rotatable bonds is 2. The molecule has 0 radical (unpaired) electrons. The second-order valence-corrected chi connectivity index (χ2v) is 6.28. The van der Waals surface area contributed by atoms with Crippen LogP contribution in [0.5, 0.6) is 0 Å². The smallest absolute Gasteiger partial charge is 0.409 e. The topological polar surface area (TPSA) is 88.8 Å². The Balaban J connectivity index is 1.67. The number of carbonyl (C=O) groups is 2. The van der Waals surface area contributed by atoms with E-state index in [9.17, 15) is 9.59 Å². The lowest BCUT2D eigenvalue weighted by Gasteiger charge is -2.34. The molecule has 2 heterocycles. The van der Waals surface area contributed by atoms with Crippen LogP contribution in [0.3, 0.4) is 0 Å². The van der Waals surface area contributed by atoms with Crippen molar-refractivity contribution in [1.82, 2.24) is 14.8 Å². The number of nitrogen functional groups attached to an aromatic ring is 1. The third-order valence-electron chi connectivity index (χ3n) is 3.74. The predicted octanol–water partition coefficient (Wildman–Crippen LogP) is 1.79. The van der Waals surface area contributed by atoms with Crippen molar-refractivity contribution in [3.05, 3.63) is 23.8 Å². The number of carbonyl (C=O) groups excluding carboxylic acids is 2. The molecule has 2 aromatic rings. The molecule has 23 heavy (non-hydrogen) atoms. The normalized spacial score (nSPS) is 15.0. The Morgan fingerprint density at radius 1 is 1.26 bits per heavy atom. The summed E-state index contributed by atoms with van der Waals surface area (Å²) in [5.41, 5.74) is 7.11. The van der Waals surface area contributed by atoms with E-state index in [1.807, 2.05) is 12.1 Å². The van der Waals surface area contributed by atoms with Gasteiger partial charge < -0.3 is 20.3 Å². The summed E-state index contributed by atoms with van der Waals surface area (Å²) in [7, 11) is 0. The molecule has 1 saturated heterocycles. The average Bonchev–Trinajstić information content (AvgIpc) is 2.93. The first-order valence-corrected chi connectivity index (χ1v) is 8.27. The molecule has 1 aliphatic heterocycles. The molecule has 0 atom stereocenters. The van der Waals surface area contributed by atoms with Crippen LogP contribution < -0.4 is 5.73 Å². The van der Waals surface area contributed by atoms with Crippen molar-refractivity contribution in [2.24, 2.45) is 0 Å². The van der Waals surface area contributed by atoms with Crippen LogP contribution in [-0.4, -0.2) is 59.6 Å². The maximum Gasteiger partial charge on any atom is 0.409 e. The van der Waals surface area contributed by atoms with Crippen LogP contribution in [0.15, 0.2) is 18.2 Å². The van der Waals surface area contributed by atoms with E-state index in [1.54, 1.807) is 22.8 Å². The van der Waals surface area contributed by atoms with E-state index in [4.69, 9.17) is 10.5 Å². The molecule has 0 bridgehead atoms. The van der Waals surface area contributed by atoms with Crippen LogP contribution in [0, 0.1) is 0 Å². The highest BCUT2D eigenvalue weighted by Gasteiger charge is 2.25. The summed E-state index contributed by atoms with van der Waals surface area (Å²) in [6, 6.07) is 5.40. The Kier molecular flexibility index (Phi) is 4.33. The van der Waals surface area contributed by atoms with Gasteiger partial charge in [-0.3, -0.25) is 4.79 Å². The molecule has 1 fully saturated rings. The molecule has 3 rings (SSSR count). The van der Waals surface area contributed by atoms with Gasteiger partial charge in [0, 0.05) is 31.7 Å². The van der Waals surface area contributed by atoms with Crippen LogP contribution in [0.4, 0.5) is 9.93 Å². The van der Waals surface area contributed by atoms with Crippen molar-refractivity contribution < 1.29 is 14.3 Å². The van der Waals surface area contributed by atoms with Gasteiger partial charge >= 0.3 is 6.09 Å². The fourth-order valence-electron chi connectivity index (χ4n) is 2.56. The number of anilines is 1. The highest BCUT2D eigenvalue weighted by molar-refractivity contribution is 7.22. The number of ether oxygens (including phenoxy) is 1. The van der Waals surface area contributed by atoms with E-state index >= 15 is 0 Å². The third-order valence-corrected chi connectivity index (χ3v) is 4.59. The van der Waals surface area contributed by atoms with Crippen LogP contribution in [0.1, 0.15) is 17.3 Å². The van der Waals surface area contributed by atoms with Gasteiger partial charge in [-0.15, -0.1) is 0 Å². The number of fused-ring (bicyclic) bond motifs is 1. The van der Waals surface area contributed by atoms with E-state index in [0.717, 1.165) is 10.2 Å². The van der Waals surface area contributed by atoms with Crippen LogP contribution in [0.25, 0.3) is 10.2 Å². The number of piperazine rings is 1. The molecule has 8 heteroatoms. The molecule has 0 aliphatic carbocycles. The third kappa shape index (κ3) is 3.21. The fourth-order valence-corrected chi connectivity index (χ4v) is 3.34. The Hall–Kier alpha value is -2.35. The van der Waals surface area contributed by atoms with Crippen molar-refractivity contribution in [2.75, 3.05) is 38.5 Å². The Bertz CT molecular complexity index is 737. The molecule has 2 N–H and O–H groups in total. The molecule has 7 nitrogen and oxygen atoms in total. The highest BCUT2D eigenvalue weighted by Crippen LogP contribution is 2.25. The fraction of sp³-hybridized carbons (Fsp3) is 0.400. The van der Waals surface area contributed by atoms with Crippen molar-refractivity contribution in [2.45, 2.75) is 6.92 Å². The zero-order valence-electron chi connectivity index (χ0n) is 12.8. The second-order valence-electron chi connectivity index (χ2n) is 5.21. The Morgan fingerprint density at radius 3 is 2.65 bits per heavy atom. The number of nitrogens with zero attached hydrogens (tertiary/aromatic N) is 3. The molecule has 1 aromatic heterocycles. The molecule has 1 aromatic carbocycles. The minimum absolute atomic E-state index is 0.0395. The summed E-state index contributed by atoms with van der Waals surface area (Å²) in [6.45, 7) is 4.11. The van der Waals surface area contributed by atoms with E-state index in [1.165, 1.54) is 11.3 Å². The quantitative estimate of drug-likeness (QED) is 0.904. The van der Waals surface area contributed by atoms with Gasteiger partial charge in [0.2, 0.25) is 0 Å². The predicted molar refractivity (Wildman–Crippen MR) is 88.5 cm³/mol. The van der Waals surface area contributed by atoms with Gasteiger partial charge in [-0.1, -0.05) is 11.3 Å². The summed E-state index contributed by atoms with van der Waals surface area (Å²) >= 11 is 1.37. The Labute approximate surface area is 137 Å². The first-order valence-electron chi connectivity index (χ1n) is 7.45. The molecular weight excluding hydrogens is 316 g/mol. The Morgan fingerprint density at radius 2 is 1.96 bits per heavy atom. The zero-order chi connectivity index (χ0) is 16.4. The van der Waals surface area contributed by atoms with Gasteiger partial charge in [0.1, 0.15) is 0 Å². The maximum absolute atomic E-state index is 12.6. The minimum atomic E-state index is -0.318. The summed E-state index contributed by atoms with van der Waals surface area (Å²) < 4.78 is 5.88. The number of benzene rings is 1. The zero-order valence-corrected chi connectivity index (χ0v) is 13.6. The lowest BCUT2D eigenvalue weighted by Crippen LogP contribution is -2.50. The molecular formula is C15H18N4O3S. The van der Waals surface area contributed by atoms with Gasteiger partial charge in [-0.2, -0.15) is 0 Å². The highest BCUT2D eigenvalue weighted by atomic mass is 32.1. The summed E-state index contributed by atoms with van der Waals surface area (Å²) in [6.07, 6.45) is -0.318. The SMILES string of the molecule is CCOC(=O)N1CCN(C(=O)c2ccc3nc(N)sc3c2)CC1. The van der Waals surface area contributed by atoms with Crippen molar-refractivity contribution in [1.29, 1.82) is 0 Å². The second kappa shape index (κ2) is 6.41.